The molecule has 1 aromatic carbocycles. The van der Waals surface area contributed by atoms with Crippen molar-refractivity contribution in [3.8, 4) is 5.69 Å². The van der Waals surface area contributed by atoms with Crippen LogP contribution < -0.4 is 11.1 Å². The van der Waals surface area contributed by atoms with Crippen molar-refractivity contribution in [3.63, 3.8) is 0 Å². The van der Waals surface area contributed by atoms with E-state index in [1.807, 2.05) is 10.9 Å². The number of carbonyl (C=O) groups excluding carboxylic acids is 2. The Kier molecular flexibility index (Phi) is 5.90. The molecule has 0 aliphatic heterocycles. The number of nitrogens with one attached hydrogen (secondary N) is 1. The third kappa shape index (κ3) is 4.01. The number of aromatic nitrogens is 3. The first-order valence-electron chi connectivity index (χ1n) is 13.1. The summed E-state index contributed by atoms with van der Waals surface area (Å²) in [7, 11) is 0. The van der Waals surface area contributed by atoms with Gasteiger partial charge in [-0.1, -0.05) is 5.57 Å². The fraction of sp³-hybridized carbons (Fsp3) is 0.379. The molecule has 0 spiro atoms. The average molecular weight is 516 g/mol. The van der Waals surface area contributed by atoms with E-state index in [-0.39, 0.29) is 17.8 Å². The van der Waals surface area contributed by atoms with Crippen molar-refractivity contribution >= 4 is 17.9 Å². The van der Waals surface area contributed by atoms with Gasteiger partial charge in [0.1, 0.15) is 5.82 Å². The smallest absolute Gasteiger partial charge is 0.253 e. The molecule has 2 aromatic heterocycles. The molecule has 6 rings (SSSR count). The van der Waals surface area contributed by atoms with E-state index in [4.69, 9.17) is 5.73 Å². The minimum absolute atomic E-state index is 0.246. The number of aryl methyl sites for hydroxylation is 1. The Bertz CT molecular complexity index is 1440. The highest BCUT2D eigenvalue weighted by molar-refractivity contribution is 5.97. The Hall–Kier alpha value is -3.85. The lowest BCUT2D eigenvalue weighted by atomic mass is 9.61. The molecule has 0 unspecified atom stereocenters. The summed E-state index contributed by atoms with van der Waals surface area (Å²) < 4.78 is 15.3. The average Bonchev–Trinajstić information content (AvgIpc) is 3.63. The van der Waals surface area contributed by atoms with Crippen LogP contribution in [0.1, 0.15) is 59.4 Å². The number of primary amides is 1. The number of nitrogens with two attached hydrogens (primary N) is 1. The van der Waals surface area contributed by atoms with Crippen LogP contribution in [0.2, 0.25) is 0 Å². The quantitative estimate of drug-likeness (QED) is 0.425. The van der Waals surface area contributed by atoms with Gasteiger partial charge in [-0.15, -0.1) is 0 Å². The summed E-state index contributed by atoms with van der Waals surface area (Å²) in [4.78, 5) is 28.2. The highest BCUT2D eigenvalue weighted by Crippen LogP contribution is 2.66. The van der Waals surface area contributed by atoms with Gasteiger partial charge in [0.05, 0.1) is 41.0 Å². The van der Waals surface area contributed by atoms with Crippen LogP contribution in [-0.4, -0.2) is 43.8 Å². The highest BCUT2D eigenvalue weighted by Gasteiger charge is 2.63. The maximum absolute atomic E-state index is 13.5. The van der Waals surface area contributed by atoms with Crippen molar-refractivity contribution in [2.75, 3.05) is 6.54 Å². The maximum atomic E-state index is 13.5. The molecule has 2 fully saturated rings. The van der Waals surface area contributed by atoms with Gasteiger partial charge in [-0.2, -0.15) is 5.10 Å². The Morgan fingerprint density at radius 2 is 2.00 bits per heavy atom. The van der Waals surface area contributed by atoms with Gasteiger partial charge >= 0.3 is 0 Å². The summed E-state index contributed by atoms with van der Waals surface area (Å²) in [5.74, 6) is -0.915. The van der Waals surface area contributed by atoms with Gasteiger partial charge in [-0.25, -0.2) is 9.07 Å². The molecule has 2 amide bonds. The number of halogens is 1. The first kappa shape index (κ1) is 24.5. The summed E-state index contributed by atoms with van der Waals surface area (Å²) in [6, 6.07) is 9.67. The Morgan fingerprint density at radius 1 is 1.21 bits per heavy atom. The number of carbonyl (C=O) groups is 2. The predicted molar refractivity (Wildman–Crippen MR) is 139 cm³/mol. The molecule has 9 heteroatoms. The van der Waals surface area contributed by atoms with Gasteiger partial charge in [0.15, 0.2) is 0 Å². The minimum atomic E-state index is -0.950. The van der Waals surface area contributed by atoms with Gasteiger partial charge in [0.2, 0.25) is 5.91 Å². The number of fused-ring (bicyclic) bond motifs is 2. The lowest BCUT2D eigenvalue weighted by molar-refractivity contribution is -0.117. The molecule has 3 aromatic rings. The zero-order chi connectivity index (χ0) is 26.5. The molecule has 3 aliphatic carbocycles. The van der Waals surface area contributed by atoms with Crippen LogP contribution >= 0.6 is 0 Å². The van der Waals surface area contributed by atoms with Gasteiger partial charge in [0, 0.05) is 11.6 Å². The van der Waals surface area contributed by atoms with E-state index in [0.29, 0.717) is 42.9 Å². The van der Waals surface area contributed by atoms with Crippen molar-refractivity contribution in [2.24, 2.45) is 17.1 Å². The molecule has 38 heavy (non-hydrogen) atoms. The highest BCUT2D eigenvalue weighted by atomic mass is 19.1. The number of rotatable bonds is 8. The van der Waals surface area contributed by atoms with Crippen molar-refractivity contribution in [3.05, 3.63) is 82.7 Å². The molecule has 3 aliphatic rings. The first-order chi connectivity index (χ1) is 18.3. The molecular weight excluding hydrogens is 485 g/mol. The molecule has 0 saturated heterocycles. The minimum Gasteiger partial charge on any atom is -0.389 e. The summed E-state index contributed by atoms with van der Waals surface area (Å²) in [5, 5.41) is 19.4. The summed E-state index contributed by atoms with van der Waals surface area (Å²) in [6.07, 6.45) is 10.9. The second kappa shape index (κ2) is 9.16. The number of pyridine rings is 1. The number of nitrogens with zero attached hydrogens (tertiary/aromatic N) is 3. The van der Waals surface area contributed by atoms with Crippen LogP contribution in [0.5, 0.6) is 0 Å². The molecule has 8 nitrogen and oxygen atoms in total. The van der Waals surface area contributed by atoms with E-state index in [1.165, 1.54) is 17.7 Å². The zero-order valence-corrected chi connectivity index (χ0v) is 21.0. The SMILES string of the molecule is NC(=O)CNC(=O)c1cccnc1CC[C@]1(O)CCC2=Cc3c(cnn3-c3ccc(F)cc3)C[C@@]21C1CC1. The molecule has 0 radical (unpaired) electrons. The molecule has 4 N–H and O–H groups in total. The Morgan fingerprint density at radius 3 is 2.74 bits per heavy atom. The third-order valence-electron chi connectivity index (χ3n) is 8.56. The topological polar surface area (TPSA) is 123 Å². The predicted octanol–water partition coefficient (Wildman–Crippen LogP) is 3.12. The first-order valence-corrected chi connectivity index (χ1v) is 13.1. The van der Waals surface area contributed by atoms with Crippen LogP contribution in [0.15, 0.2) is 54.4 Å². The van der Waals surface area contributed by atoms with Crippen LogP contribution in [0.4, 0.5) is 4.39 Å². The second-order valence-corrected chi connectivity index (χ2v) is 10.7. The van der Waals surface area contributed by atoms with Crippen LogP contribution in [0.25, 0.3) is 11.8 Å². The van der Waals surface area contributed by atoms with E-state index in [0.717, 1.165) is 36.2 Å². The van der Waals surface area contributed by atoms with Gasteiger partial charge in [0.25, 0.3) is 5.91 Å². The molecule has 2 saturated carbocycles. The Balaban J connectivity index is 1.29. The number of hydrogen-bond donors (Lipinski definition) is 3. The molecule has 196 valence electrons. The normalized spacial score (nSPS) is 23.9. The molecular formula is C29H30FN5O3. The fourth-order valence-electron chi connectivity index (χ4n) is 6.64. The third-order valence-corrected chi connectivity index (χ3v) is 8.56. The van der Waals surface area contributed by atoms with E-state index in [2.05, 4.69) is 21.5 Å². The Labute approximate surface area is 219 Å². The fourth-order valence-corrected chi connectivity index (χ4v) is 6.64. The largest absolute Gasteiger partial charge is 0.389 e. The number of amides is 2. The summed E-state index contributed by atoms with van der Waals surface area (Å²) in [5.41, 5.74) is 8.94. The van der Waals surface area contributed by atoms with E-state index in [9.17, 15) is 19.1 Å². The van der Waals surface area contributed by atoms with Crippen LogP contribution in [0, 0.1) is 17.2 Å². The van der Waals surface area contributed by atoms with E-state index in [1.54, 1.807) is 30.5 Å². The molecule has 0 bridgehead atoms. The van der Waals surface area contributed by atoms with E-state index >= 15 is 0 Å². The van der Waals surface area contributed by atoms with Crippen molar-refractivity contribution in [1.29, 1.82) is 0 Å². The van der Waals surface area contributed by atoms with Gasteiger partial charge in [-0.3, -0.25) is 14.6 Å². The molecule has 2 atom stereocenters. The van der Waals surface area contributed by atoms with Crippen molar-refractivity contribution in [1.82, 2.24) is 20.1 Å². The van der Waals surface area contributed by atoms with Crippen molar-refractivity contribution < 1.29 is 19.1 Å². The zero-order valence-electron chi connectivity index (χ0n) is 21.0. The lowest BCUT2D eigenvalue weighted by Gasteiger charge is -2.46. The van der Waals surface area contributed by atoms with Gasteiger partial charge < -0.3 is 16.2 Å². The van der Waals surface area contributed by atoms with Crippen LogP contribution in [-0.2, 0) is 17.6 Å². The number of aliphatic hydroxyl groups is 1. The van der Waals surface area contributed by atoms with E-state index < -0.39 is 17.4 Å². The van der Waals surface area contributed by atoms with Crippen molar-refractivity contribution in [2.45, 2.75) is 50.5 Å². The van der Waals surface area contributed by atoms with Crippen LogP contribution in [0.3, 0.4) is 0 Å². The maximum Gasteiger partial charge on any atom is 0.253 e. The number of benzene rings is 1. The standard InChI is InChI=1S/C29H30FN5O3/c30-21-5-7-22(8-6-21)35-25-14-20-9-11-28(38,29(20,19-3-4-19)15-18(25)16-34-35)12-10-24-23(2-1-13-32-24)27(37)33-17-26(31)36/h1-2,5-8,13-14,16,19,38H,3-4,9-12,15,17H2,(H2,31,36)(H,33,37)/t28-,29-/m1/s1. The molecule has 2 heterocycles. The summed E-state index contributed by atoms with van der Waals surface area (Å²) >= 11 is 0. The monoisotopic (exact) mass is 515 g/mol. The summed E-state index contributed by atoms with van der Waals surface area (Å²) in [6.45, 7) is -0.246. The number of hydrogen-bond acceptors (Lipinski definition) is 5. The second-order valence-electron chi connectivity index (χ2n) is 10.7. The van der Waals surface area contributed by atoms with Gasteiger partial charge in [-0.05, 0) is 98.9 Å². The lowest BCUT2D eigenvalue weighted by Crippen LogP contribution is -2.49.